The van der Waals surface area contributed by atoms with Gasteiger partial charge in [0.25, 0.3) is 5.76 Å². The summed E-state index contributed by atoms with van der Waals surface area (Å²) in [4.78, 5) is 29.3. The number of rotatable bonds is 11. The van der Waals surface area contributed by atoms with E-state index in [1.54, 1.807) is 0 Å². The SMILES string of the molecule is CCCCCCCOC1=C(OP(=O)(O)O)C(=O)O[C@@H]1[C@@H](O)CO. The van der Waals surface area contributed by atoms with Crippen LogP contribution in [0.2, 0.25) is 0 Å². The Labute approximate surface area is 134 Å². The van der Waals surface area contributed by atoms with Crippen LogP contribution < -0.4 is 0 Å². The Morgan fingerprint density at radius 3 is 2.48 bits per heavy atom. The number of cyclic esters (lactones) is 1. The van der Waals surface area contributed by atoms with Crippen LogP contribution in [-0.2, 0) is 23.4 Å². The third-order valence-electron chi connectivity index (χ3n) is 3.15. The molecule has 0 aromatic heterocycles. The van der Waals surface area contributed by atoms with E-state index in [0.717, 1.165) is 25.7 Å². The van der Waals surface area contributed by atoms with Crippen LogP contribution in [0.1, 0.15) is 39.0 Å². The van der Waals surface area contributed by atoms with Gasteiger partial charge in [-0.1, -0.05) is 32.6 Å². The maximum Gasteiger partial charge on any atom is 0.525 e. The highest BCUT2D eigenvalue weighted by molar-refractivity contribution is 7.46. The summed E-state index contributed by atoms with van der Waals surface area (Å²) in [6.07, 6.45) is 1.89. The van der Waals surface area contributed by atoms with E-state index in [4.69, 9.17) is 24.4 Å². The second kappa shape index (κ2) is 9.24. The van der Waals surface area contributed by atoms with Crippen LogP contribution in [0.25, 0.3) is 0 Å². The number of aliphatic hydroxyl groups excluding tert-OH is 2. The number of phosphoric acid groups is 1. The first-order chi connectivity index (χ1) is 10.8. The molecule has 1 aliphatic rings. The lowest BCUT2D eigenvalue weighted by Crippen LogP contribution is -2.32. The van der Waals surface area contributed by atoms with Gasteiger partial charge in [-0.15, -0.1) is 0 Å². The molecule has 0 spiro atoms. The van der Waals surface area contributed by atoms with Crippen LogP contribution in [0.5, 0.6) is 0 Å². The number of ether oxygens (including phenoxy) is 2. The van der Waals surface area contributed by atoms with Crippen molar-refractivity contribution >= 4 is 13.8 Å². The maximum absolute atomic E-state index is 11.6. The summed E-state index contributed by atoms with van der Waals surface area (Å²) in [7, 11) is -4.99. The molecule has 9 nitrogen and oxygen atoms in total. The summed E-state index contributed by atoms with van der Waals surface area (Å²) >= 11 is 0. The van der Waals surface area contributed by atoms with Gasteiger partial charge in [0.2, 0.25) is 0 Å². The van der Waals surface area contributed by atoms with Gasteiger partial charge in [0.05, 0.1) is 13.2 Å². The van der Waals surface area contributed by atoms with Gasteiger partial charge in [-0.3, -0.25) is 9.79 Å². The van der Waals surface area contributed by atoms with Crippen molar-refractivity contribution < 1.29 is 43.4 Å². The Hall–Kier alpha value is -1.12. The van der Waals surface area contributed by atoms with E-state index >= 15 is 0 Å². The summed E-state index contributed by atoms with van der Waals surface area (Å²) in [5, 5.41) is 18.6. The number of carbonyl (C=O) groups is 1. The molecular weight excluding hydrogens is 331 g/mol. The van der Waals surface area contributed by atoms with Crippen molar-refractivity contribution in [3.8, 4) is 0 Å². The number of aliphatic hydroxyl groups is 2. The number of hydrogen-bond donors (Lipinski definition) is 4. The molecule has 0 aromatic rings. The number of hydrogen-bond acceptors (Lipinski definition) is 7. The van der Waals surface area contributed by atoms with Crippen molar-refractivity contribution in [2.45, 2.75) is 51.2 Å². The van der Waals surface area contributed by atoms with Crippen LogP contribution in [0.3, 0.4) is 0 Å². The van der Waals surface area contributed by atoms with Crippen molar-refractivity contribution in [2.75, 3.05) is 13.2 Å². The highest BCUT2D eigenvalue weighted by Gasteiger charge is 2.44. The average Bonchev–Trinajstić information content (AvgIpc) is 2.77. The van der Waals surface area contributed by atoms with E-state index in [2.05, 4.69) is 11.4 Å². The van der Waals surface area contributed by atoms with Gasteiger partial charge in [-0.2, -0.15) is 0 Å². The first kappa shape index (κ1) is 19.9. The molecule has 0 aromatic carbocycles. The molecule has 0 saturated heterocycles. The molecule has 23 heavy (non-hydrogen) atoms. The Morgan fingerprint density at radius 1 is 1.26 bits per heavy atom. The minimum Gasteiger partial charge on any atom is -0.490 e. The molecule has 4 N–H and O–H groups in total. The minimum atomic E-state index is -4.99. The van der Waals surface area contributed by atoms with Crippen LogP contribution in [0.15, 0.2) is 11.5 Å². The molecule has 2 atom stereocenters. The number of phosphoric ester groups is 1. The van der Waals surface area contributed by atoms with Crippen molar-refractivity contribution in [1.82, 2.24) is 0 Å². The molecule has 1 rings (SSSR count). The molecule has 0 fully saturated rings. The number of esters is 1. The van der Waals surface area contributed by atoms with Crippen molar-refractivity contribution in [1.29, 1.82) is 0 Å². The quantitative estimate of drug-likeness (QED) is 0.238. The first-order valence-corrected chi connectivity index (χ1v) is 8.95. The molecule has 10 heteroatoms. The highest BCUT2D eigenvalue weighted by Crippen LogP contribution is 2.42. The van der Waals surface area contributed by atoms with Crippen LogP contribution in [0, 0.1) is 0 Å². The average molecular weight is 354 g/mol. The maximum atomic E-state index is 11.6. The van der Waals surface area contributed by atoms with E-state index in [-0.39, 0.29) is 12.4 Å². The summed E-state index contributed by atoms with van der Waals surface area (Å²) in [5.41, 5.74) is 0. The smallest absolute Gasteiger partial charge is 0.490 e. The summed E-state index contributed by atoms with van der Waals surface area (Å²) in [6, 6.07) is 0. The Kier molecular flexibility index (Phi) is 8.01. The van der Waals surface area contributed by atoms with E-state index in [1.807, 2.05) is 0 Å². The standard InChI is InChI=1S/C13H23O9P/c1-2-3-4-5-6-7-20-11-10(9(15)8-14)21-13(16)12(11)22-23(17,18)19/h9-10,14-15H,2-8H2,1H3,(H2,17,18,19)/t9-,10+/m0/s1. The Bertz CT molecular complexity index is 470. The van der Waals surface area contributed by atoms with Crippen molar-refractivity contribution in [3.05, 3.63) is 11.5 Å². The molecule has 0 saturated carbocycles. The molecule has 0 bridgehead atoms. The van der Waals surface area contributed by atoms with Gasteiger partial charge < -0.3 is 24.2 Å². The minimum absolute atomic E-state index is 0.165. The third-order valence-corrected chi connectivity index (χ3v) is 3.57. The fourth-order valence-corrected chi connectivity index (χ4v) is 2.44. The van der Waals surface area contributed by atoms with Gasteiger partial charge in [-0.05, 0) is 6.42 Å². The first-order valence-electron chi connectivity index (χ1n) is 7.42. The Balaban J connectivity index is 2.76. The second-order valence-corrected chi connectivity index (χ2v) is 6.28. The molecule has 1 aliphatic heterocycles. The second-order valence-electron chi connectivity index (χ2n) is 5.11. The van der Waals surface area contributed by atoms with Gasteiger partial charge in [0.15, 0.2) is 11.9 Å². The zero-order chi connectivity index (χ0) is 17.5. The molecule has 0 radical (unpaired) electrons. The van der Waals surface area contributed by atoms with Gasteiger partial charge >= 0.3 is 13.8 Å². The predicted molar refractivity (Wildman–Crippen MR) is 77.8 cm³/mol. The largest absolute Gasteiger partial charge is 0.525 e. The van der Waals surface area contributed by atoms with Gasteiger partial charge in [0.1, 0.15) is 6.10 Å². The summed E-state index contributed by atoms with van der Waals surface area (Å²) < 4.78 is 25.3. The van der Waals surface area contributed by atoms with Gasteiger partial charge in [0, 0.05) is 0 Å². The summed E-state index contributed by atoms with van der Waals surface area (Å²) in [5.74, 6) is -2.24. The van der Waals surface area contributed by atoms with Crippen LogP contribution >= 0.6 is 7.82 Å². The molecule has 0 amide bonds. The lowest BCUT2D eigenvalue weighted by molar-refractivity contribution is -0.148. The molecule has 134 valence electrons. The lowest BCUT2D eigenvalue weighted by Gasteiger charge is -2.18. The Morgan fingerprint density at radius 2 is 1.91 bits per heavy atom. The van der Waals surface area contributed by atoms with E-state index in [1.165, 1.54) is 0 Å². The predicted octanol–water partition coefficient (Wildman–Crippen LogP) is 0.573. The molecule has 0 aliphatic carbocycles. The van der Waals surface area contributed by atoms with E-state index in [9.17, 15) is 14.5 Å². The third kappa shape index (κ3) is 6.48. The summed E-state index contributed by atoms with van der Waals surface area (Å²) in [6.45, 7) is 1.53. The van der Waals surface area contributed by atoms with Crippen LogP contribution in [0.4, 0.5) is 0 Å². The molecule has 0 unspecified atom stereocenters. The molecule has 1 heterocycles. The monoisotopic (exact) mass is 354 g/mol. The van der Waals surface area contributed by atoms with Crippen molar-refractivity contribution in [3.63, 3.8) is 0 Å². The van der Waals surface area contributed by atoms with E-state index < -0.39 is 38.4 Å². The lowest BCUT2D eigenvalue weighted by atomic mass is 10.1. The van der Waals surface area contributed by atoms with Crippen molar-refractivity contribution in [2.24, 2.45) is 0 Å². The zero-order valence-corrected chi connectivity index (χ0v) is 13.8. The topological polar surface area (TPSA) is 143 Å². The van der Waals surface area contributed by atoms with E-state index in [0.29, 0.717) is 6.42 Å². The normalized spacial score (nSPS) is 19.7. The fourth-order valence-electron chi connectivity index (χ4n) is 2.04. The number of carbonyl (C=O) groups excluding carboxylic acids is 1. The highest BCUT2D eigenvalue weighted by atomic mass is 31.2. The van der Waals surface area contributed by atoms with Gasteiger partial charge in [-0.25, -0.2) is 9.36 Å². The van der Waals surface area contributed by atoms with Crippen LogP contribution in [-0.4, -0.2) is 51.4 Å². The zero-order valence-electron chi connectivity index (χ0n) is 12.9. The fraction of sp³-hybridized carbons (Fsp3) is 0.769. The number of unbranched alkanes of at least 4 members (excludes halogenated alkanes) is 4. The molecular formula is C13H23O9P.